The second-order valence-electron chi connectivity index (χ2n) is 6.36. The molecule has 2 aromatic carbocycles. The van der Waals surface area contributed by atoms with Crippen molar-refractivity contribution < 1.29 is 13.2 Å². The lowest BCUT2D eigenvalue weighted by Gasteiger charge is -2.11. The third-order valence-corrected chi connectivity index (χ3v) is 7.13. The van der Waals surface area contributed by atoms with Gasteiger partial charge in [-0.1, -0.05) is 41.4 Å². The zero-order valence-electron chi connectivity index (χ0n) is 13.6. The van der Waals surface area contributed by atoms with Crippen molar-refractivity contribution in [1.82, 2.24) is 0 Å². The molecule has 0 bridgehead atoms. The molecule has 3 rings (SSSR count). The summed E-state index contributed by atoms with van der Waals surface area (Å²) in [5, 5.41) is -0.170. The maximum Gasteiger partial charge on any atom is 0.183 e. The first kappa shape index (κ1) is 17.4. The number of rotatable bonds is 5. The molecule has 2 N–H and O–H groups in total. The van der Waals surface area contributed by atoms with E-state index in [1.807, 2.05) is 13.0 Å². The molecule has 4 nitrogen and oxygen atoms in total. The highest BCUT2D eigenvalue weighted by molar-refractivity contribution is 7.92. The Morgan fingerprint density at radius 1 is 1.21 bits per heavy atom. The number of hydrogen-bond acceptors (Lipinski definition) is 4. The van der Waals surface area contributed by atoms with Crippen LogP contribution in [-0.2, 0) is 14.6 Å². The van der Waals surface area contributed by atoms with Crippen LogP contribution in [0, 0.1) is 6.92 Å². The van der Waals surface area contributed by atoms with E-state index in [1.165, 1.54) is 7.11 Å². The molecule has 0 aliphatic heterocycles. The van der Waals surface area contributed by atoms with Gasteiger partial charge in [-0.15, -0.1) is 0 Å². The van der Waals surface area contributed by atoms with Gasteiger partial charge >= 0.3 is 0 Å². The molecular weight excluding hydrogens is 346 g/mol. The molecule has 1 fully saturated rings. The predicted octanol–water partition coefficient (Wildman–Crippen LogP) is 2.93. The highest BCUT2D eigenvalue weighted by Gasteiger charge is 2.69. The summed E-state index contributed by atoms with van der Waals surface area (Å²) in [5.41, 5.74) is 7.31. The molecule has 3 atom stereocenters. The number of methoxy groups -OCH3 is 1. The minimum Gasteiger partial charge on any atom is -0.383 e. The molecular formula is C18H20ClNO3S. The first-order valence-corrected chi connectivity index (χ1v) is 9.57. The molecule has 128 valence electrons. The molecule has 1 aliphatic carbocycles. The molecule has 24 heavy (non-hydrogen) atoms. The van der Waals surface area contributed by atoms with Crippen molar-refractivity contribution in [1.29, 1.82) is 0 Å². The molecule has 3 unspecified atom stereocenters. The van der Waals surface area contributed by atoms with Gasteiger partial charge in [-0.3, -0.25) is 0 Å². The molecule has 0 radical (unpaired) electrons. The summed E-state index contributed by atoms with van der Waals surface area (Å²) in [6, 6.07) is 14.0. The van der Waals surface area contributed by atoms with Crippen LogP contribution in [-0.4, -0.2) is 32.9 Å². The third kappa shape index (κ3) is 2.86. The number of sulfone groups is 1. The zero-order chi connectivity index (χ0) is 17.5. The Labute approximate surface area is 147 Å². The highest BCUT2D eigenvalue weighted by Crippen LogP contribution is 2.56. The lowest BCUT2D eigenvalue weighted by molar-refractivity contribution is 0.171. The lowest BCUT2D eigenvalue weighted by atomic mass is 10.1. The summed E-state index contributed by atoms with van der Waals surface area (Å²) in [7, 11) is -2.05. The maximum atomic E-state index is 13.1. The van der Waals surface area contributed by atoms with Crippen LogP contribution in [0.1, 0.15) is 17.0 Å². The highest BCUT2D eigenvalue weighted by atomic mass is 35.5. The average Bonchev–Trinajstić information content (AvgIpc) is 3.14. The van der Waals surface area contributed by atoms with Crippen molar-refractivity contribution in [2.24, 2.45) is 5.73 Å². The van der Waals surface area contributed by atoms with E-state index in [4.69, 9.17) is 22.1 Å². The van der Waals surface area contributed by atoms with Gasteiger partial charge in [0.15, 0.2) is 9.84 Å². The summed E-state index contributed by atoms with van der Waals surface area (Å²) in [6.07, 6.45) is 0. The van der Waals surface area contributed by atoms with Crippen molar-refractivity contribution in [3.63, 3.8) is 0 Å². The van der Waals surface area contributed by atoms with Gasteiger partial charge in [0, 0.05) is 18.1 Å². The van der Waals surface area contributed by atoms with E-state index in [0.717, 1.165) is 11.1 Å². The Morgan fingerprint density at radius 3 is 2.46 bits per heavy atom. The van der Waals surface area contributed by atoms with Gasteiger partial charge in [-0.05, 0) is 36.8 Å². The maximum absolute atomic E-state index is 13.1. The minimum absolute atomic E-state index is 0.167. The monoisotopic (exact) mass is 365 g/mol. The fourth-order valence-electron chi connectivity index (χ4n) is 3.37. The molecule has 0 amide bonds. The average molecular weight is 366 g/mol. The van der Waals surface area contributed by atoms with E-state index in [2.05, 4.69) is 0 Å². The van der Waals surface area contributed by atoms with E-state index >= 15 is 0 Å². The van der Waals surface area contributed by atoms with Crippen LogP contribution in [0.15, 0.2) is 53.4 Å². The summed E-state index contributed by atoms with van der Waals surface area (Å²) >= 11 is 6.06. The second kappa shape index (κ2) is 6.15. The zero-order valence-corrected chi connectivity index (χ0v) is 15.1. The van der Waals surface area contributed by atoms with Crippen molar-refractivity contribution in [2.75, 3.05) is 13.7 Å². The van der Waals surface area contributed by atoms with Crippen LogP contribution in [0.2, 0.25) is 5.02 Å². The van der Waals surface area contributed by atoms with E-state index in [0.29, 0.717) is 5.02 Å². The normalized spacial score (nSPS) is 26.3. The van der Waals surface area contributed by atoms with Gasteiger partial charge in [-0.2, -0.15) is 0 Å². The van der Waals surface area contributed by atoms with Gasteiger partial charge in [0.1, 0.15) is 0 Å². The molecule has 0 spiro atoms. The number of aryl methyl sites for hydroxylation is 1. The van der Waals surface area contributed by atoms with E-state index in [9.17, 15) is 8.42 Å². The summed E-state index contributed by atoms with van der Waals surface area (Å²) < 4.78 is 31.4. The van der Waals surface area contributed by atoms with Gasteiger partial charge in [0.2, 0.25) is 0 Å². The van der Waals surface area contributed by atoms with Crippen LogP contribution in [0.3, 0.4) is 0 Å². The van der Waals surface area contributed by atoms with Crippen LogP contribution in [0.4, 0.5) is 0 Å². The molecule has 1 aliphatic rings. The summed E-state index contributed by atoms with van der Waals surface area (Å²) in [6.45, 7) is 2.08. The standard InChI is InChI=1S/C18H20ClNO3S/c1-12-6-8-15(9-7-12)24(21,22)17-16(18(17,20)11-23-2)13-4-3-5-14(19)10-13/h3-10,16-17H,11,20H2,1-2H3. The van der Waals surface area contributed by atoms with Crippen LogP contribution >= 0.6 is 11.6 Å². The SMILES string of the molecule is COCC1(N)C(c2cccc(Cl)c2)C1S(=O)(=O)c1ccc(C)cc1. The first-order valence-electron chi connectivity index (χ1n) is 7.64. The summed E-state index contributed by atoms with van der Waals surface area (Å²) in [5.74, 6) is -0.345. The number of nitrogens with two attached hydrogens (primary N) is 1. The van der Waals surface area contributed by atoms with Gasteiger partial charge in [-0.25, -0.2) is 8.42 Å². The van der Waals surface area contributed by atoms with E-state index in [-0.39, 0.29) is 17.4 Å². The Balaban J connectivity index is 2.03. The number of halogens is 1. The predicted molar refractivity (Wildman–Crippen MR) is 95.1 cm³/mol. The first-order chi connectivity index (χ1) is 11.3. The molecule has 0 saturated heterocycles. The number of benzene rings is 2. The quantitative estimate of drug-likeness (QED) is 0.884. The molecule has 1 saturated carbocycles. The number of hydrogen-bond donors (Lipinski definition) is 1. The van der Waals surface area contributed by atoms with Crippen LogP contribution in [0.5, 0.6) is 0 Å². The van der Waals surface area contributed by atoms with Crippen LogP contribution in [0.25, 0.3) is 0 Å². The van der Waals surface area contributed by atoms with Crippen molar-refractivity contribution in [2.45, 2.75) is 28.5 Å². The Bertz CT molecular complexity index is 851. The lowest BCUT2D eigenvalue weighted by Crippen LogP contribution is -2.35. The van der Waals surface area contributed by atoms with E-state index in [1.54, 1.807) is 42.5 Å². The van der Waals surface area contributed by atoms with Crippen molar-refractivity contribution >= 4 is 21.4 Å². The Kier molecular flexibility index (Phi) is 4.47. The molecule has 6 heteroatoms. The fourth-order valence-corrected chi connectivity index (χ4v) is 5.86. The number of ether oxygens (including phenoxy) is 1. The topological polar surface area (TPSA) is 69.4 Å². The minimum atomic E-state index is -3.57. The van der Waals surface area contributed by atoms with Crippen molar-refractivity contribution in [3.8, 4) is 0 Å². The van der Waals surface area contributed by atoms with Gasteiger partial charge in [0.25, 0.3) is 0 Å². The van der Waals surface area contributed by atoms with Crippen molar-refractivity contribution in [3.05, 3.63) is 64.7 Å². The van der Waals surface area contributed by atoms with Gasteiger partial charge < -0.3 is 10.5 Å². The van der Waals surface area contributed by atoms with Crippen LogP contribution < -0.4 is 5.73 Å². The van der Waals surface area contributed by atoms with Gasteiger partial charge in [0.05, 0.1) is 22.3 Å². The third-order valence-electron chi connectivity index (χ3n) is 4.59. The smallest absolute Gasteiger partial charge is 0.183 e. The Hall–Kier alpha value is -1.40. The fraction of sp³-hybridized carbons (Fsp3) is 0.333. The summed E-state index contributed by atoms with van der Waals surface area (Å²) in [4.78, 5) is 0.286. The van der Waals surface area contributed by atoms with E-state index < -0.39 is 20.6 Å². The molecule has 0 heterocycles. The largest absolute Gasteiger partial charge is 0.383 e. The molecule has 2 aromatic rings. The Morgan fingerprint density at radius 2 is 1.88 bits per heavy atom. The molecule has 0 aromatic heterocycles. The second-order valence-corrected chi connectivity index (χ2v) is 8.86.